The smallest absolute Gasteiger partial charge is 0.207 e. The Hall–Kier alpha value is -1.94. The van der Waals surface area contributed by atoms with Crippen LogP contribution in [0.1, 0.15) is 18.4 Å². The van der Waals surface area contributed by atoms with E-state index in [-0.39, 0.29) is 23.0 Å². The molecule has 25 heavy (non-hydrogen) atoms. The van der Waals surface area contributed by atoms with E-state index in [1.54, 1.807) is 0 Å². The summed E-state index contributed by atoms with van der Waals surface area (Å²) in [7, 11) is -3.82. The van der Waals surface area contributed by atoms with Crippen LogP contribution in [0.15, 0.2) is 53.4 Å². The lowest BCUT2D eigenvalue weighted by Gasteiger charge is -2.37. The lowest BCUT2D eigenvalue weighted by atomic mass is 9.74. The standard InChI is InChI=1S/C18H16ClFN2O2S/c19-16-12-15(20)6-7-17(16)25(23,24)22-10-8-18(13-21,9-11-22)14-4-2-1-3-5-14/h1-7,12H,8-11H2. The van der Waals surface area contributed by atoms with Crippen molar-refractivity contribution < 1.29 is 12.8 Å². The van der Waals surface area contributed by atoms with Gasteiger partial charge in [-0.2, -0.15) is 9.57 Å². The lowest BCUT2D eigenvalue weighted by Crippen LogP contribution is -2.44. The van der Waals surface area contributed by atoms with Gasteiger partial charge in [0.1, 0.15) is 10.7 Å². The predicted octanol–water partition coefficient (Wildman–Crippen LogP) is 3.73. The molecule has 0 radical (unpaired) electrons. The Morgan fingerprint density at radius 1 is 1.12 bits per heavy atom. The second-order valence-corrected chi connectivity index (χ2v) is 8.35. The van der Waals surface area contributed by atoms with Crippen molar-refractivity contribution in [3.8, 4) is 6.07 Å². The molecule has 0 spiro atoms. The van der Waals surface area contributed by atoms with Gasteiger partial charge in [-0.1, -0.05) is 41.9 Å². The normalized spacial score (nSPS) is 17.8. The van der Waals surface area contributed by atoms with Crippen LogP contribution in [0.3, 0.4) is 0 Å². The summed E-state index contributed by atoms with van der Waals surface area (Å²) >= 11 is 5.91. The second kappa shape index (κ2) is 6.75. The fourth-order valence-electron chi connectivity index (χ4n) is 3.15. The molecule has 0 aromatic heterocycles. The molecule has 7 heteroatoms. The molecule has 2 aromatic carbocycles. The molecule has 0 atom stereocenters. The molecule has 130 valence electrons. The molecule has 0 bridgehead atoms. The molecule has 0 unspecified atom stereocenters. The zero-order valence-electron chi connectivity index (χ0n) is 13.3. The average molecular weight is 379 g/mol. The van der Waals surface area contributed by atoms with Crippen molar-refractivity contribution in [1.82, 2.24) is 4.31 Å². The van der Waals surface area contributed by atoms with E-state index in [1.165, 1.54) is 10.4 Å². The Labute approximate surface area is 151 Å². The largest absolute Gasteiger partial charge is 0.244 e. The number of hydrogen-bond donors (Lipinski definition) is 0. The van der Waals surface area contributed by atoms with Crippen molar-refractivity contribution in [2.75, 3.05) is 13.1 Å². The third kappa shape index (κ3) is 3.28. The summed E-state index contributed by atoms with van der Waals surface area (Å²) in [5.74, 6) is -0.588. The first-order chi connectivity index (χ1) is 11.9. The van der Waals surface area contributed by atoms with E-state index in [1.807, 2.05) is 30.3 Å². The van der Waals surface area contributed by atoms with Crippen LogP contribution >= 0.6 is 11.6 Å². The van der Waals surface area contributed by atoms with E-state index >= 15 is 0 Å². The van der Waals surface area contributed by atoms with E-state index < -0.39 is 21.3 Å². The van der Waals surface area contributed by atoms with E-state index in [0.717, 1.165) is 17.7 Å². The number of sulfonamides is 1. The van der Waals surface area contributed by atoms with Crippen molar-refractivity contribution in [3.05, 3.63) is 64.9 Å². The Balaban J connectivity index is 1.85. The topological polar surface area (TPSA) is 61.2 Å². The zero-order chi connectivity index (χ0) is 18.1. The molecule has 1 aliphatic rings. The van der Waals surface area contributed by atoms with Crippen LogP contribution in [0, 0.1) is 17.1 Å². The van der Waals surface area contributed by atoms with Crippen LogP contribution in [0.5, 0.6) is 0 Å². The molecule has 0 N–H and O–H groups in total. The molecule has 4 nitrogen and oxygen atoms in total. The summed E-state index contributed by atoms with van der Waals surface area (Å²) in [6.07, 6.45) is 0.789. The molecule has 1 saturated heterocycles. The SMILES string of the molecule is N#CC1(c2ccccc2)CCN(S(=O)(=O)c2ccc(F)cc2Cl)CC1. The van der Waals surface area contributed by atoms with Crippen molar-refractivity contribution in [1.29, 1.82) is 5.26 Å². The fourth-order valence-corrected chi connectivity index (χ4v) is 5.10. The highest BCUT2D eigenvalue weighted by atomic mass is 35.5. The maximum atomic E-state index is 13.2. The number of nitrogens with zero attached hydrogens (tertiary/aromatic N) is 2. The van der Waals surface area contributed by atoms with Gasteiger partial charge in [0.25, 0.3) is 0 Å². The molecule has 0 amide bonds. The summed E-state index contributed by atoms with van der Waals surface area (Å²) in [6.45, 7) is 0.414. The molecule has 1 heterocycles. The van der Waals surface area contributed by atoms with Gasteiger partial charge in [0.05, 0.1) is 16.5 Å². The quantitative estimate of drug-likeness (QED) is 0.817. The number of rotatable bonds is 3. The summed E-state index contributed by atoms with van der Waals surface area (Å²) < 4.78 is 40.1. The molecule has 2 aromatic rings. The van der Waals surface area contributed by atoms with Crippen LogP contribution in [0.25, 0.3) is 0 Å². The van der Waals surface area contributed by atoms with Crippen molar-refractivity contribution in [2.45, 2.75) is 23.2 Å². The molecule has 1 fully saturated rings. The van der Waals surface area contributed by atoms with E-state index in [9.17, 15) is 18.1 Å². The Morgan fingerprint density at radius 2 is 1.76 bits per heavy atom. The minimum absolute atomic E-state index is 0.111. The Morgan fingerprint density at radius 3 is 2.32 bits per heavy atom. The number of benzene rings is 2. The molecule has 0 aliphatic carbocycles. The summed E-state index contributed by atoms with van der Waals surface area (Å²) in [5, 5.41) is 9.56. The number of piperidine rings is 1. The number of hydrogen-bond acceptors (Lipinski definition) is 3. The van der Waals surface area contributed by atoms with Crippen molar-refractivity contribution >= 4 is 21.6 Å². The van der Waals surface area contributed by atoms with Crippen LogP contribution in [-0.4, -0.2) is 25.8 Å². The lowest BCUT2D eigenvalue weighted by molar-refractivity contribution is 0.277. The molecular weight excluding hydrogens is 363 g/mol. The fraction of sp³-hybridized carbons (Fsp3) is 0.278. The van der Waals surface area contributed by atoms with Gasteiger partial charge in [-0.15, -0.1) is 0 Å². The predicted molar refractivity (Wildman–Crippen MR) is 93.1 cm³/mol. The highest BCUT2D eigenvalue weighted by molar-refractivity contribution is 7.89. The van der Waals surface area contributed by atoms with Gasteiger partial charge >= 0.3 is 0 Å². The maximum absolute atomic E-state index is 13.2. The van der Waals surface area contributed by atoms with Gasteiger partial charge in [-0.05, 0) is 36.6 Å². The molecule has 3 rings (SSSR count). The van der Waals surface area contributed by atoms with Crippen LogP contribution in [0.2, 0.25) is 5.02 Å². The highest BCUT2D eigenvalue weighted by Crippen LogP contribution is 2.37. The van der Waals surface area contributed by atoms with Gasteiger partial charge in [-0.3, -0.25) is 0 Å². The zero-order valence-corrected chi connectivity index (χ0v) is 14.9. The minimum atomic E-state index is -3.82. The maximum Gasteiger partial charge on any atom is 0.244 e. The molecule has 1 aliphatic heterocycles. The van der Waals surface area contributed by atoms with Gasteiger partial charge < -0.3 is 0 Å². The van der Waals surface area contributed by atoms with E-state index in [0.29, 0.717) is 12.8 Å². The monoisotopic (exact) mass is 378 g/mol. The molecule has 0 saturated carbocycles. The number of nitriles is 1. The summed E-state index contributed by atoms with van der Waals surface area (Å²) in [6, 6.07) is 15.0. The summed E-state index contributed by atoms with van der Waals surface area (Å²) in [5.41, 5.74) is 0.203. The van der Waals surface area contributed by atoms with Gasteiger partial charge in [-0.25, -0.2) is 12.8 Å². The molecular formula is C18H16ClFN2O2S. The van der Waals surface area contributed by atoms with Crippen LogP contribution < -0.4 is 0 Å². The van der Waals surface area contributed by atoms with Gasteiger partial charge in [0.2, 0.25) is 10.0 Å². The van der Waals surface area contributed by atoms with Crippen molar-refractivity contribution in [3.63, 3.8) is 0 Å². The number of halogens is 2. The van der Waals surface area contributed by atoms with Crippen molar-refractivity contribution in [2.24, 2.45) is 0 Å². The van der Waals surface area contributed by atoms with Gasteiger partial charge in [0, 0.05) is 13.1 Å². The first-order valence-corrected chi connectivity index (χ1v) is 9.63. The average Bonchev–Trinajstić information content (AvgIpc) is 2.62. The first-order valence-electron chi connectivity index (χ1n) is 7.81. The van der Waals surface area contributed by atoms with Crippen LogP contribution in [-0.2, 0) is 15.4 Å². The van der Waals surface area contributed by atoms with Gasteiger partial charge in [0.15, 0.2) is 0 Å². The highest BCUT2D eigenvalue weighted by Gasteiger charge is 2.40. The first kappa shape index (κ1) is 17.9. The second-order valence-electron chi connectivity index (χ2n) is 6.04. The van der Waals surface area contributed by atoms with E-state index in [4.69, 9.17) is 11.6 Å². The Kier molecular flexibility index (Phi) is 4.83. The Bertz CT molecular complexity index is 918. The minimum Gasteiger partial charge on any atom is -0.207 e. The summed E-state index contributed by atoms with van der Waals surface area (Å²) in [4.78, 5) is -0.111. The third-order valence-corrected chi connectivity index (χ3v) is 7.01. The van der Waals surface area contributed by atoms with E-state index in [2.05, 4.69) is 6.07 Å². The third-order valence-electron chi connectivity index (χ3n) is 4.63. The van der Waals surface area contributed by atoms with Crippen LogP contribution in [0.4, 0.5) is 4.39 Å².